The van der Waals surface area contributed by atoms with Crippen molar-refractivity contribution in [2.75, 3.05) is 13.2 Å². The molecule has 0 heterocycles. The van der Waals surface area contributed by atoms with Crippen molar-refractivity contribution in [3.8, 4) is 5.75 Å². The summed E-state index contributed by atoms with van der Waals surface area (Å²) in [5.41, 5.74) is 0.516. The summed E-state index contributed by atoms with van der Waals surface area (Å²) in [6.45, 7) is 2.51. The molecule has 0 bridgehead atoms. The lowest BCUT2D eigenvalue weighted by Crippen LogP contribution is -2.37. The van der Waals surface area contributed by atoms with Gasteiger partial charge in [-0.2, -0.15) is 0 Å². The number of nitrogens with one attached hydrogen (secondary N) is 2. The van der Waals surface area contributed by atoms with E-state index in [1.54, 1.807) is 24.3 Å². The Balaban J connectivity index is 1.79. The highest BCUT2D eigenvalue weighted by molar-refractivity contribution is 5.96. The first-order valence-electron chi connectivity index (χ1n) is 6.49. The molecule has 102 valence electrons. The standard InChI is InChI=1S/C14H18N2O3/c1-2-19-12-7-3-10(4-8-12)14(18)15-9-13(17)16-11-5-6-11/h3-4,7-8,11H,2,5-6,9H2,1H3,(H,15,18)(H,16,17). The Morgan fingerprint density at radius 3 is 2.53 bits per heavy atom. The molecule has 0 atom stereocenters. The van der Waals surface area contributed by atoms with Crippen molar-refractivity contribution < 1.29 is 14.3 Å². The van der Waals surface area contributed by atoms with E-state index in [4.69, 9.17) is 4.74 Å². The van der Waals surface area contributed by atoms with E-state index in [0.29, 0.717) is 18.2 Å². The van der Waals surface area contributed by atoms with Gasteiger partial charge in [0.15, 0.2) is 0 Å². The predicted octanol–water partition coefficient (Wildman–Crippen LogP) is 1.09. The third kappa shape index (κ3) is 4.28. The fourth-order valence-electron chi connectivity index (χ4n) is 1.64. The van der Waals surface area contributed by atoms with Crippen LogP contribution in [0.5, 0.6) is 5.75 Å². The molecule has 2 amide bonds. The molecule has 5 nitrogen and oxygen atoms in total. The molecule has 1 aliphatic rings. The minimum Gasteiger partial charge on any atom is -0.494 e. The molecule has 2 N–H and O–H groups in total. The minimum atomic E-state index is -0.256. The molecule has 2 rings (SSSR count). The lowest BCUT2D eigenvalue weighted by molar-refractivity contribution is -0.120. The van der Waals surface area contributed by atoms with E-state index in [2.05, 4.69) is 10.6 Å². The van der Waals surface area contributed by atoms with E-state index < -0.39 is 0 Å². The number of carbonyl (C=O) groups is 2. The zero-order valence-electron chi connectivity index (χ0n) is 10.9. The molecule has 19 heavy (non-hydrogen) atoms. The first kappa shape index (κ1) is 13.4. The second kappa shape index (κ2) is 6.22. The summed E-state index contributed by atoms with van der Waals surface area (Å²) in [6, 6.07) is 7.15. The van der Waals surface area contributed by atoms with Gasteiger partial charge in [0.25, 0.3) is 5.91 Å². The highest BCUT2D eigenvalue weighted by atomic mass is 16.5. The second-order valence-corrected chi connectivity index (χ2v) is 4.48. The van der Waals surface area contributed by atoms with Crippen molar-refractivity contribution in [1.29, 1.82) is 0 Å². The molecule has 0 saturated heterocycles. The summed E-state index contributed by atoms with van der Waals surface area (Å²) in [6.07, 6.45) is 2.08. The molecule has 1 aliphatic carbocycles. The van der Waals surface area contributed by atoms with Crippen molar-refractivity contribution in [2.24, 2.45) is 0 Å². The topological polar surface area (TPSA) is 67.4 Å². The number of carbonyl (C=O) groups excluding carboxylic acids is 2. The monoisotopic (exact) mass is 262 g/mol. The summed E-state index contributed by atoms with van der Waals surface area (Å²) in [5, 5.41) is 5.40. The summed E-state index contributed by atoms with van der Waals surface area (Å²) >= 11 is 0. The van der Waals surface area contributed by atoms with E-state index in [1.807, 2.05) is 6.92 Å². The molecule has 0 unspecified atom stereocenters. The fourth-order valence-corrected chi connectivity index (χ4v) is 1.64. The lowest BCUT2D eigenvalue weighted by Gasteiger charge is -2.07. The number of hydrogen-bond acceptors (Lipinski definition) is 3. The van der Waals surface area contributed by atoms with Crippen LogP contribution < -0.4 is 15.4 Å². The Bertz CT molecular complexity index is 452. The van der Waals surface area contributed by atoms with Crippen LogP contribution in [0.25, 0.3) is 0 Å². The first-order valence-corrected chi connectivity index (χ1v) is 6.49. The Morgan fingerprint density at radius 2 is 1.95 bits per heavy atom. The smallest absolute Gasteiger partial charge is 0.251 e. The van der Waals surface area contributed by atoms with Crippen LogP contribution in [0.3, 0.4) is 0 Å². The molecular formula is C14H18N2O3. The molecule has 1 aromatic rings. The Hall–Kier alpha value is -2.04. The van der Waals surface area contributed by atoms with Gasteiger partial charge in [0.2, 0.25) is 5.91 Å². The highest BCUT2D eigenvalue weighted by Crippen LogP contribution is 2.18. The Labute approximate surface area is 112 Å². The third-order valence-electron chi connectivity index (χ3n) is 2.78. The van der Waals surface area contributed by atoms with Gasteiger partial charge in [0.1, 0.15) is 5.75 Å². The van der Waals surface area contributed by atoms with Crippen molar-refractivity contribution in [1.82, 2.24) is 10.6 Å². The van der Waals surface area contributed by atoms with E-state index in [-0.39, 0.29) is 18.4 Å². The van der Waals surface area contributed by atoms with Crippen molar-refractivity contribution in [2.45, 2.75) is 25.8 Å². The third-order valence-corrected chi connectivity index (χ3v) is 2.78. The second-order valence-electron chi connectivity index (χ2n) is 4.48. The Morgan fingerprint density at radius 1 is 1.26 bits per heavy atom. The van der Waals surface area contributed by atoms with Crippen LogP contribution >= 0.6 is 0 Å². The predicted molar refractivity (Wildman–Crippen MR) is 71.1 cm³/mol. The molecule has 1 aromatic carbocycles. The van der Waals surface area contributed by atoms with Gasteiger partial charge in [0, 0.05) is 11.6 Å². The SMILES string of the molecule is CCOc1ccc(C(=O)NCC(=O)NC2CC2)cc1. The van der Waals surface area contributed by atoms with Gasteiger partial charge in [0.05, 0.1) is 13.2 Å². The van der Waals surface area contributed by atoms with Gasteiger partial charge in [-0.3, -0.25) is 9.59 Å². The number of rotatable bonds is 6. The van der Waals surface area contributed by atoms with Gasteiger partial charge >= 0.3 is 0 Å². The van der Waals surface area contributed by atoms with Crippen LogP contribution in [0.15, 0.2) is 24.3 Å². The number of ether oxygens (including phenoxy) is 1. The molecular weight excluding hydrogens is 244 g/mol. The molecule has 0 radical (unpaired) electrons. The highest BCUT2D eigenvalue weighted by Gasteiger charge is 2.23. The van der Waals surface area contributed by atoms with Crippen molar-refractivity contribution in [3.63, 3.8) is 0 Å². The quantitative estimate of drug-likeness (QED) is 0.806. The zero-order chi connectivity index (χ0) is 13.7. The maximum atomic E-state index is 11.8. The largest absolute Gasteiger partial charge is 0.494 e. The van der Waals surface area contributed by atoms with Crippen LogP contribution in [0.4, 0.5) is 0 Å². The maximum absolute atomic E-state index is 11.8. The average Bonchev–Trinajstić information content (AvgIpc) is 3.21. The molecule has 5 heteroatoms. The minimum absolute atomic E-state index is 0.0164. The number of amides is 2. The molecule has 0 aromatic heterocycles. The molecule has 1 saturated carbocycles. The van der Waals surface area contributed by atoms with Gasteiger partial charge in [-0.15, -0.1) is 0 Å². The lowest BCUT2D eigenvalue weighted by atomic mass is 10.2. The summed E-state index contributed by atoms with van der Waals surface area (Å²) < 4.78 is 5.29. The Kier molecular flexibility index (Phi) is 4.39. The van der Waals surface area contributed by atoms with E-state index >= 15 is 0 Å². The summed E-state index contributed by atoms with van der Waals surface area (Å²) in [5.74, 6) is 0.335. The van der Waals surface area contributed by atoms with Crippen LogP contribution in [-0.4, -0.2) is 31.0 Å². The van der Waals surface area contributed by atoms with E-state index in [9.17, 15) is 9.59 Å². The molecule has 0 spiro atoms. The van der Waals surface area contributed by atoms with E-state index in [1.165, 1.54) is 0 Å². The molecule has 1 fully saturated rings. The van der Waals surface area contributed by atoms with Crippen LogP contribution in [0.2, 0.25) is 0 Å². The zero-order valence-corrected chi connectivity index (χ0v) is 10.9. The summed E-state index contributed by atoms with van der Waals surface area (Å²) in [4.78, 5) is 23.2. The number of benzene rings is 1. The average molecular weight is 262 g/mol. The molecule has 0 aliphatic heterocycles. The summed E-state index contributed by atoms with van der Waals surface area (Å²) in [7, 11) is 0. The van der Waals surface area contributed by atoms with Crippen LogP contribution in [0.1, 0.15) is 30.1 Å². The van der Waals surface area contributed by atoms with Gasteiger partial charge < -0.3 is 15.4 Å². The normalized spacial score (nSPS) is 13.7. The van der Waals surface area contributed by atoms with Gasteiger partial charge in [-0.05, 0) is 44.0 Å². The van der Waals surface area contributed by atoms with Crippen LogP contribution in [-0.2, 0) is 4.79 Å². The maximum Gasteiger partial charge on any atom is 0.251 e. The van der Waals surface area contributed by atoms with Gasteiger partial charge in [-0.25, -0.2) is 0 Å². The fraction of sp³-hybridized carbons (Fsp3) is 0.429. The van der Waals surface area contributed by atoms with E-state index in [0.717, 1.165) is 18.6 Å². The van der Waals surface area contributed by atoms with Gasteiger partial charge in [-0.1, -0.05) is 0 Å². The number of hydrogen-bond donors (Lipinski definition) is 2. The van der Waals surface area contributed by atoms with Crippen molar-refractivity contribution in [3.05, 3.63) is 29.8 Å². The van der Waals surface area contributed by atoms with Crippen molar-refractivity contribution >= 4 is 11.8 Å². The van der Waals surface area contributed by atoms with Crippen LogP contribution in [0, 0.1) is 0 Å². The first-order chi connectivity index (χ1) is 9.19.